The molecule has 0 spiro atoms. The Kier molecular flexibility index (Phi) is 5.92. The molecule has 1 aromatic rings. The summed E-state index contributed by atoms with van der Waals surface area (Å²) >= 11 is 13.7. The number of nitrogens with zero attached hydrogens (tertiary/aromatic N) is 1. The van der Waals surface area contributed by atoms with Crippen LogP contribution in [0.4, 0.5) is 0 Å². The van der Waals surface area contributed by atoms with E-state index < -0.39 is 0 Å². The first-order valence-electron chi connectivity index (χ1n) is 7.88. The average molecular weight is 388 g/mol. The van der Waals surface area contributed by atoms with Crippen molar-refractivity contribution in [3.8, 4) is 0 Å². The number of carbonyl (C=O) groups excluding carboxylic acids is 2. The molecule has 2 atom stereocenters. The summed E-state index contributed by atoms with van der Waals surface area (Å²) < 4.78 is 0. The molecular weight excluding hydrogens is 369 g/mol. The van der Waals surface area contributed by atoms with Crippen molar-refractivity contribution in [3.63, 3.8) is 0 Å². The number of nitrogens with one attached hydrogen (secondary N) is 2. The van der Waals surface area contributed by atoms with Crippen LogP contribution in [0.3, 0.4) is 0 Å². The highest BCUT2D eigenvalue weighted by Crippen LogP contribution is 2.22. The lowest BCUT2D eigenvalue weighted by molar-refractivity contribution is -0.131. The van der Waals surface area contributed by atoms with Gasteiger partial charge in [0.1, 0.15) is 0 Å². The van der Waals surface area contributed by atoms with Crippen molar-refractivity contribution in [2.75, 3.05) is 31.3 Å². The van der Waals surface area contributed by atoms with Gasteiger partial charge < -0.3 is 15.5 Å². The maximum absolute atomic E-state index is 12.4. The van der Waals surface area contributed by atoms with E-state index in [0.29, 0.717) is 22.2 Å². The number of carbonyl (C=O) groups is 2. The molecule has 8 heteroatoms. The van der Waals surface area contributed by atoms with E-state index in [1.807, 2.05) is 4.90 Å². The summed E-state index contributed by atoms with van der Waals surface area (Å²) in [4.78, 5) is 26.5. The van der Waals surface area contributed by atoms with Crippen molar-refractivity contribution in [1.29, 1.82) is 0 Å². The molecule has 2 aliphatic rings. The molecule has 0 saturated carbocycles. The smallest absolute Gasteiger partial charge is 0.252 e. The molecule has 2 fully saturated rings. The van der Waals surface area contributed by atoms with E-state index in [1.54, 1.807) is 30.0 Å². The summed E-state index contributed by atoms with van der Waals surface area (Å²) in [6.45, 7) is 2.08. The number of thioether (sulfide) groups is 1. The molecule has 0 radical (unpaired) electrons. The SMILES string of the molecule is O=C(NC[C@@H]1CN[C@H](C(=O)N2CCSC2)C1)c1ccc(Cl)cc1Cl. The van der Waals surface area contributed by atoms with Gasteiger partial charge in [-0.1, -0.05) is 23.2 Å². The lowest BCUT2D eigenvalue weighted by Gasteiger charge is -2.19. The van der Waals surface area contributed by atoms with Crippen LogP contribution < -0.4 is 10.6 Å². The van der Waals surface area contributed by atoms with Crippen LogP contribution in [0.5, 0.6) is 0 Å². The highest BCUT2D eigenvalue weighted by atomic mass is 35.5. The Labute approximate surface area is 155 Å². The normalized spacial score (nSPS) is 23.5. The molecule has 1 aromatic carbocycles. The average Bonchev–Trinajstić information content (AvgIpc) is 3.24. The molecule has 3 rings (SSSR count). The lowest BCUT2D eigenvalue weighted by Crippen LogP contribution is -2.42. The van der Waals surface area contributed by atoms with Gasteiger partial charge in [-0.25, -0.2) is 0 Å². The molecule has 2 aliphatic heterocycles. The minimum atomic E-state index is -0.220. The fourth-order valence-corrected chi connectivity index (χ4v) is 4.42. The van der Waals surface area contributed by atoms with Crippen LogP contribution >= 0.6 is 35.0 Å². The summed E-state index contributed by atoms with van der Waals surface area (Å²) in [6.07, 6.45) is 0.745. The number of benzene rings is 1. The van der Waals surface area contributed by atoms with E-state index >= 15 is 0 Å². The molecule has 5 nitrogen and oxygen atoms in total. The van der Waals surface area contributed by atoms with E-state index in [-0.39, 0.29) is 23.8 Å². The highest BCUT2D eigenvalue weighted by Gasteiger charge is 2.33. The first kappa shape index (κ1) is 17.9. The van der Waals surface area contributed by atoms with Gasteiger partial charge in [-0.15, -0.1) is 11.8 Å². The van der Waals surface area contributed by atoms with E-state index in [4.69, 9.17) is 23.2 Å². The van der Waals surface area contributed by atoms with Crippen LogP contribution in [0.1, 0.15) is 16.8 Å². The van der Waals surface area contributed by atoms with Crippen molar-refractivity contribution >= 4 is 46.8 Å². The molecule has 0 aromatic heterocycles. The molecule has 0 aliphatic carbocycles. The Morgan fingerprint density at radius 2 is 2.21 bits per heavy atom. The summed E-state index contributed by atoms with van der Waals surface area (Å²) in [7, 11) is 0. The van der Waals surface area contributed by atoms with Crippen molar-refractivity contribution in [3.05, 3.63) is 33.8 Å². The molecule has 2 N–H and O–H groups in total. The third kappa shape index (κ3) is 4.17. The minimum Gasteiger partial charge on any atom is -0.352 e. The molecule has 0 unspecified atom stereocenters. The van der Waals surface area contributed by atoms with E-state index in [2.05, 4.69) is 10.6 Å². The second kappa shape index (κ2) is 7.95. The largest absolute Gasteiger partial charge is 0.352 e. The number of amides is 2. The molecule has 2 heterocycles. The van der Waals surface area contributed by atoms with E-state index in [0.717, 1.165) is 31.1 Å². The number of hydrogen-bond donors (Lipinski definition) is 2. The second-order valence-corrected chi connectivity index (χ2v) is 7.95. The Morgan fingerprint density at radius 3 is 2.92 bits per heavy atom. The first-order valence-corrected chi connectivity index (χ1v) is 9.79. The lowest BCUT2D eigenvalue weighted by atomic mass is 10.0. The van der Waals surface area contributed by atoms with Crippen molar-refractivity contribution in [2.24, 2.45) is 5.92 Å². The van der Waals surface area contributed by atoms with Crippen LogP contribution in [0.25, 0.3) is 0 Å². The van der Waals surface area contributed by atoms with Gasteiger partial charge in [-0.05, 0) is 30.5 Å². The molecule has 130 valence electrons. The Hall–Kier alpha value is -0.950. The maximum atomic E-state index is 12.4. The quantitative estimate of drug-likeness (QED) is 0.831. The zero-order valence-electron chi connectivity index (χ0n) is 13.1. The number of rotatable bonds is 4. The minimum absolute atomic E-state index is 0.135. The number of hydrogen-bond acceptors (Lipinski definition) is 4. The molecule has 0 bridgehead atoms. The topological polar surface area (TPSA) is 61.4 Å². The summed E-state index contributed by atoms with van der Waals surface area (Å²) in [6, 6.07) is 4.68. The zero-order chi connectivity index (χ0) is 17.1. The summed E-state index contributed by atoms with van der Waals surface area (Å²) in [5.74, 6) is 1.99. The van der Waals surface area contributed by atoms with Crippen LogP contribution in [-0.2, 0) is 4.79 Å². The molecular formula is C16H19Cl2N3O2S. The predicted octanol–water partition coefficient (Wildman–Crippen LogP) is 2.23. The molecule has 2 amide bonds. The maximum Gasteiger partial charge on any atom is 0.252 e. The van der Waals surface area contributed by atoms with E-state index in [9.17, 15) is 9.59 Å². The zero-order valence-corrected chi connectivity index (χ0v) is 15.4. The van der Waals surface area contributed by atoms with Gasteiger partial charge in [0.25, 0.3) is 5.91 Å². The van der Waals surface area contributed by atoms with Crippen LogP contribution in [0, 0.1) is 5.92 Å². The highest BCUT2D eigenvalue weighted by molar-refractivity contribution is 7.99. The van der Waals surface area contributed by atoms with Crippen molar-refractivity contribution in [2.45, 2.75) is 12.5 Å². The van der Waals surface area contributed by atoms with Crippen molar-refractivity contribution < 1.29 is 9.59 Å². The fraction of sp³-hybridized carbons (Fsp3) is 0.500. The van der Waals surface area contributed by atoms with E-state index in [1.165, 1.54) is 0 Å². The van der Waals surface area contributed by atoms with Gasteiger partial charge in [0.15, 0.2) is 0 Å². The van der Waals surface area contributed by atoms with Gasteiger partial charge in [0.2, 0.25) is 5.91 Å². The van der Waals surface area contributed by atoms with Crippen LogP contribution in [-0.4, -0.2) is 54.0 Å². The predicted molar refractivity (Wildman–Crippen MR) is 97.7 cm³/mol. The third-order valence-electron chi connectivity index (χ3n) is 4.31. The van der Waals surface area contributed by atoms with Crippen molar-refractivity contribution in [1.82, 2.24) is 15.5 Å². The summed E-state index contributed by atoms with van der Waals surface area (Å²) in [5.41, 5.74) is 0.411. The Balaban J connectivity index is 1.49. The Morgan fingerprint density at radius 1 is 1.38 bits per heavy atom. The van der Waals surface area contributed by atoms with Gasteiger partial charge >= 0.3 is 0 Å². The Bertz CT molecular complexity index is 638. The monoisotopic (exact) mass is 387 g/mol. The van der Waals surface area contributed by atoms with Gasteiger partial charge in [0, 0.05) is 30.4 Å². The summed E-state index contributed by atoms with van der Waals surface area (Å²) in [5, 5.41) is 7.00. The molecule has 2 saturated heterocycles. The van der Waals surface area contributed by atoms with Crippen LogP contribution in [0.15, 0.2) is 18.2 Å². The second-order valence-electron chi connectivity index (χ2n) is 6.04. The van der Waals surface area contributed by atoms with Gasteiger partial charge in [0.05, 0.1) is 22.5 Å². The third-order valence-corrected chi connectivity index (χ3v) is 5.82. The first-order chi connectivity index (χ1) is 11.5. The number of halogens is 2. The van der Waals surface area contributed by atoms with Gasteiger partial charge in [-0.2, -0.15) is 0 Å². The fourth-order valence-electron chi connectivity index (χ4n) is 2.97. The standard InChI is InChI=1S/C16H19Cl2N3O2S/c17-11-1-2-12(13(18)6-11)15(22)20-8-10-5-14(19-7-10)16(23)21-3-4-24-9-21/h1-2,6,10,14,19H,3-5,7-9H2,(H,20,22)/t10-,14-/m0/s1. The van der Waals surface area contributed by atoms with Gasteiger partial charge in [-0.3, -0.25) is 9.59 Å². The molecule has 24 heavy (non-hydrogen) atoms. The van der Waals surface area contributed by atoms with Crippen LogP contribution in [0.2, 0.25) is 10.0 Å².